The van der Waals surface area contributed by atoms with E-state index in [-0.39, 0.29) is 18.0 Å². The van der Waals surface area contributed by atoms with E-state index in [2.05, 4.69) is 31.9 Å². The average Bonchev–Trinajstić information content (AvgIpc) is 2.30. The summed E-state index contributed by atoms with van der Waals surface area (Å²) in [6.45, 7) is 0. The van der Waals surface area contributed by atoms with Crippen molar-refractivity contribution in [3.63, 3.8) is 0 Å². The highest BCUT2D eigenvalue weighted by molar-refractivity contribution is 9.11. The highest BCUT2D eigenvalue weighted by atomic mass is 79.9. The summed E-state index contributed by atoms with van der Waals surface area (Å²) in [4.78, 5) is 22.2. The Morgan fingerprint density at radius 1 is 1.06 bits per heavy atom. The summed E-state index contributed by atoms with van der Waals surface area (Å²) in [6.07, 6.45) is 1.41. The number of phenolic OH excluding ortho intramolecular Hbond substituents is 1. The first-order valence-electron chi connectivity index (χ1n) is 5.35. The minimum Gasteiger partial charge on any atom is -0.506 e. The van der Waals surface area contributed by atoms with Crippen LogP contribution in [0.5, 0.6) is 5.75 Å². The largest absolute Gasteiger partial charge is 0.506 e. The second kappa shape index (κ2) is 6.89. The standard InChI is InChI=1S/C12H12Br2O4/c13-8-5-7(6-9(14)12(8)18)10(15)3-1-2-4-11(16)17/h5-6,18H,1-4H2,(H,16,17). The van der Waals surface area contributed by atoms with Gasteiger partial charge >= 0.3 is 5.97 Å². The lowest BCUT2D eigenvalue weighted by atomic mass is 10.0. The van der Waals surface area contributed by atoms with E-state index in [0.717, 1.165) is 0 Å². The molecular formula is C12H12Br2O4. The number of halogens is 2. The molecule has 0 heterocycles. The van der Waals surface area contributed by atoms with Gasteiger partial charge in [0.2, 0.25) is 0 Å². The van der Waals surface area contributed by atoms with E-state index < -0.39 is 5.97 Å². The first kappa shape index (κ1) is 15.2. The van der Waals surface area contributed by atoms with E-state index in [0.29, 0.717) is 33.8 Å². The molecule has 18 heavy (non-hydrogen) atoms. The molecule has 0 amide bonds. The summed E-state index contributed by atoms with van der Waals surface area (Å²) in [6, 6.07) is 3.11. The van der Waals surface area contributed by atoms with Gasteiger partial charge in [-0.25, -0.2) is 0 Å². The SMILES string of the molecule is O=C(O)CCCCC(=O)c1cc(Br)c(O)c(Br)c1. The second-order valence-electron chi connectivity index (χ2n) is 3.81. The van der Waals surface area contributed by atoms with Crippen molar-refractivity contribution in [3.8, 4) is 5.75 Å². The van der Waals surface area contributed by atoms with Gasteiger partial charge in [0.05, 0.1) is 8.95 Å². The first-order chi connectivity index (χ1) is 8.41. The van der Waals surface area contributed by atoms with Crippen LogP contribution in [0.1, 0.15) is 36.0 Å². The topological polar surface area (TPSA) is 74.6 Å². The Kier molecular flexibility index (Phi) is 5.81. The maximum atomic E-state index is 11.8. The molecule has 98 valence electrons. The number of Topliss-reactive ketones (excluding diaryl/α,β-unsaturated/α-hetero) is 1. The van der Waals surface area contributed by atoms with Crippen molar-refractivity contribution in [1.82, 2.24) is 0 Å². The van der Waals surface area contributed by atoms with Crippen molar-refractivity contribution >= 4 is 43.6 Å². The Labute approximate surface area is 121 Å². The third-order valence-corrected chi connectivity index (χ3v) is 3.59. The molecule has 0 aliphatic heterocycles. The lowest BCUT2D eigenvalue weighted by Crippen LogP contribution is -2.01. The fraction of sp³-hybridized carbons (Fsp3) is 0.333. The van der Waals surface area contributed by atoms with E-state index in [4.69, 9.17) is 5.11 Å². The molecule has 1 aromatic carbocycles. The van der Waals surface area contributed by atoms with Crippen LogP contribution in [0.4, 0.5) is 0 Å². The molecule has 0 saturated carbocycles. The van der Waals surface area contributed by atoms with E-state index in [1.165, 1.54) is 0 Å². The minimum absolute atomic E-state index is 0.0532. The molecule has 0 spiro atoms. The smallest absolute Gasteiger partial charge is 0.303 e. The number of carbonyl (C=O) groups excluding carboxylic acids is 1. The molecular weight excluding hydrogens is 368 g/mol. The number of carboxylic acid groups (broad SMARTS) is 1. The van der Waals surface area contributed by atoms with Gasteiger partial charge in [-0.15, -0.1) is 0 Å². The van der Waals surface area contributed by atoms with Crippen LogP contribution in [0.15, 0.2) is 21.1 Å². The average molecular weight is 380 g/mol. The van der Waals surface area contributed by atoms with Gasteiger partial charge in [-0.3, -0.25) is 9.59 Å². The van der Waals surface area contributed by atoms with Crippen LogP contribution in [0.2, 0.25) is 0 Å². The van der Waals surface area contributed by atoms with Crippen LogP contribution in [0, 0.1) is 0 Å². The summed E-state index contributed by atoms with van der Waals surface area (Å²) >= 11 is 6.31. The number of carbonyl (C=O) groups is 2. The number of hydrogen-bond donors (Lipinski definition) is 2. The Bertz CT molecular complexity index is 448. The number of hydrogen-bond acceptors (Lipinski definition) is 3. The van der Waals surface area contributed by atoms with Gasteiger partial charge in [0.25, 0.3) is 0 Å². The summed E-state index contributed by atoms with van der Waals surface area (Å²) < 4.78 is 0.900. The molecule has 1 rings (SSSR count). The molecule has 0 aromatic heterocycles. The van der Waals surface area contributed by atoms with Crippen molar-refractivity contribution in [2.24, 2.45) is 0 Å². The predicted molar refractivity (Wildman–Crippen MR) is 73.9 cm³/mol. The number of benzene rings is 1. The highest BCUT2D eigenvalue weighted by Gasteiger charge is 2.11. The Hall–Kier alpha value is -0.880. The molecule has 0 radical (unpaired) electrons. The summed E-state index contributed by atoms with van der Waals surface area (Å²) in [5, 5.41) is 18.0. The highest BCUT2D eigenvalue weighted by Crippen LogP contribution is 2.33. The molecule has 0 unspecified atom stereocenters. The van der Waals surface area contributed by atoms with E-state index in [1.807, 2.05) is 0 Å². The fourth-order valence-electron chi connectivity index (χ4n) is 1.43. The van der Waals surface area contributed by atoms with E-state index in [1.54, 1.807) is 12.1 Å². The zero-order valence-corrected chi connectivity index (χ0v) is 12.6. The zero-order chi connectivity index (χ0) is 13.7. The molecule has 0 atom stereocenters. The Morgan fingerprint density at radius 2 is 1.56 bits per heavy atom. The summed E-state index contributed by atoms with van der Waals surface area (Å²) in [7, 11) is 0. The first-order valence-corrected chi connectivity index (χ1v) is 6.93. The van der Waals surface area contributed by atoms with Crippen molar-refractivity contribution in [3.05, 3.63) is 26.6 Å². The number of unbranched alkanes of at least 4 members (excludes halogenated alkanes) is 1. The summed E-state index contributed by atoms with van der Waals surface area (Å²) in [5.74, 6) is -0.864. The molecule has 6 heteroatoms. The van der Waals surface area contributed by atoms with Crippen LogP contribution in [-0.4, -0.2) is 22.0 Å². The van der Waals surface area contributed by atoms with Gasteiger partial charge in [0.15, 0.2) is 5.78 Å². The van der Waals surface area contributed by atoms with Gasteiger partial charge in [0.1, 0.15) is 5.75 Å². The molecule has 0 bridgehead atoms. The molecule has 4 nitrogen and oxygen atoms in total. The van der Waals surface area contributed by atoms with Crippen molar-refractivity contribution in [2.75, 3.05) is 0 Å². The van der Waals surface area contributed by atoms with Crippen LogP contribution in [-0.2, 0) is 4.79 Å². The van der Waals surface area contributed by atoms with Crippen LogP contribution >= 0.6 is 31.9 Å². The van der Waals surface area contributed by atoms with Gasteiger partial charge in [-0.2, -0.15) is 0 Å². The number of carboxylic acids is 1. The van der Waals surface area contributed by atoms with Gasteiger partial charge < -0.3 is 10.2 Å². The third kappa shape index (κ3) is 4.42. The predicted octanol–water partition coefficient (Wildman–Crippen LogP) is 3.74. The van der Waals surface area contributed by atoms with Crippen molar-refractivity contribution in [1.29, 1.82) is 0 Å². The number of aromatic hydroxyl groups is 1. The quantitative estimate of drug-likeness (QED) is 0.583. The minimum atomic E-state index is -0.849. The molecule has 0 saturated heterocycles. The molecule has 0 aliphatic carbocycles. The van der Waals surface area contributed by atoms with E-state index in [9.17, 15) is 14.7 Å². The second-order valence-corrected chi connectivity index (χ2v) is 5.52. The van der Waals surface area contributed by atoms with Crippen LogP contribution in [0.3, 0.4) is 0 Å². The van der Waals surface area contributed by atoms with Crippen LogP contribution in [0.25, 0.3) is 0 Å². The number of phenols is 1. The maximum absolute atomic E-state index is 11.8. The van der Waals surface area contributed by atoms with Crippen LogP contribution < -0.4 is 0 Å². The monoisotopic (exact) mass is 378 g/mol. The van der Waals surface area contributed by atoms with Crippen molar-refractivity contribution < 1.29 is 19.8 Å². The number of rotatable bonds is 6. The third-order valence-electron chi connectivity index (χ3n) is 2.38. The number of ketones is 1. The fourth-order valence-corrected chi connectivity index (χ4v) is 2.62. The molecule has 2 N–H and O–H groups in total. The lowest BCUT2D eigenvalue weighted by molar-refractivity contribution is -0.137. The van der Waals surface area contributed by atoms with Crippen molar-refractivity contribution in [2.45, 2.75) is 25.7 Å². The normalized spacial score (nSPS) is 10.3. The summed E-state index contributed by atoms with van der Waals surface area (Å²) in [5.41, 5.74) is 0.488. The Balaban J connectivity index is 2.59. The molecule has 1 aromatic rings. The zero-order valence-electron chi connectivity index (χ0n) is 9.45. The molecule has 0 aliphatic rings. The Morgan fingerprint density at radius 3 is 2.06 bits per heavy atom. The maximum Gasteiger partial charge on any atom is 0.303 e. The van der Waals surface area contributed by atoms with E-state index >= 15 is 0 Å². The van der Waals surface area contributed by atoms with Gasteiger partial charge in [0, 0.05) is 18.4 Å². The van der Waals surface area contributed by atoms with Gasteiger partial charge in [-0.1, -0.05) is 0 Å². The lowest BCUT2D eigenvalue weighted by Gasteiger charge is -2.05. The molecule has 0 fully saturated rings. The van der Waals surface area contributed by atoms with Gasteiger partial charge in [-0.05, 0) is 56.8 Å². The number of aliphatic carboxylic acids is 1.